The molecule has 2 heterocycles. The van der Waals surface area contributed by atoms with E-state index in [2.05, 4.69) is 41.5 Å². The molecule has 0 bridgehead atoms. The van der Waals surface area contributed by atoms with Crippen molar-refractivity contribution in [1.82, 2.24) is 0 Å². The van der Waals surface area contributed by atoms with E-state index in [1.165, 1.54) is 22.7 Å². The normalized spacial score (nSPS) is 13.1. The molecule has 0 aliphatic carbocycles. The van der Waals surface area contributed by atoms with Crippen molar-refractivity contribution in [2.24, 2.45) is 16.7 Å². The number of hydrogen-bond acceptors (Lipinski definition) is 9. The summed E-state index contributed by atoms with van der Waals surface area (Å²) in [6.07, 6.45) is 0.567. The van der Waals surface area contributed by atoms with Crippen molar-refractivity contribution < 1.29 is 23.7 Å². The van der Waals surface area contributed by atoms with Crippen LogP contribution < -0.4 is 19.0 Å². The van der Waals surface area contributed by atoms with E-state index < -0.39 is 17.3 Å². The summed E-state index contributed by atoms with van der Waals surface area (Å²) in [5, 5.41) is 1.90. The van der Waals surface area contributed by atoms with Crippen molar-refractivity contribution in [1.29, 1.82) is 0 Å². The van der Waals surface area contributed by atoms with Gasteiger partial charge in [0.1, 0.15) is 36.4 Å². The summed E-state index contributed by atoms with van der Waals surface area (Å²) in [6.45, 7) is 20.8. The molecule has 0 aliphatic rings. The maximum absolute atomic E-state index is 13.8. The van der Waals surface area contributed by atoms with Crippen LogP contribution in [0.25, 0.3) is 42.4 Å². The Balaban J connectivity index is 1.21. The summed E-state index contributed by atoms with van der Waals surface area (Å²) >= 11 is 2.39. The van der Waals surface area contributed by atoms with Crippen molar-refractivity contribution in [3.05, 3.63) is 128 Å². The highest BCUT2D eigenvalue weighted by Crippen LogP contribution is 2.39. The fourth-order valence-corrected chi connectivity index (χ4v) is 9.56. The fraction of sp³-hybridized carbons (Fsp3) is 0.392. The molecule has 6 rings (SSSR count). The molecule has 0 radical (unpaired) electrons. The molecule has 0 amide bonds. The molecule has 4 aromatic carbocycles. The smallest absolute Gasteiger partial charge is 0.310 e. The van der Waals surface area contributed by atoms with Gasteiger partial charge in [-0.25, -0.2) is 0 Å². The highest BCUT2D eigenvalue weighted by atomic mass is 32.1. The van der Waals surface area contributed by atoms with Crippen LogP contribution in [0.1, 0.15) is 82.1 Å². The van der Waals surface area contributed by atoms with E-state index in [1.807, 2.05) is 137 Å². The zero-order valence-corrected chi connectivity index (χ0v) is 38.2. The largest absolute Gasteiger partial charge is 0.491 e. The standard InChI is InChI=1S/C51H58O7S2/c1-48(2,3)29-42(49(4,5)6)45(52)58-51(9,10)32-50(7,8)57-39(30-55-37-23-21-35-25-40(33-17-13-11-14-18-33)46(53)59-43(35)27-37)31-56-38-24-22-36-26-41(34-19-15-12-16-20-34)47(54)60-44(36)28-38/h11-28,39,42H,29-32H2,1-10H3. The van der Waals surface area contributed by atoms with Crippen LogP contribution in [0.5, 0.6) is 11.5 Å². The highest BCUT2D eigenvalue weighted by molar-refractivity contribution is 7.16. The summed E-state index contributed by atoms with van der Waals surface area (Å²) in [5.41, 5.74) is 1.20. The maximum atomic E-state index is 13.8. The topological polar surface area (TPSA) is 88.1 Å². The van der Waals surface area contributed by atoms with Crippen LogP contribution in [0.15, 0.2) is 119 Å². The number of carbonyl (C=O) groups excluding carboxylic acids is 1. The van der Waals surface area contributed by atoms with E-state index in [1.54, 1.807) is 0 Å². The SMILES string of the molecule is CC(C)(C)CC(C(=O)OC(C)(C)CC(C)(C)OC(COc1ccc2cc(-c3ccccc3)c(=O)sc2c1)COc1ccc2cc(-c3ccccc3)c(=O)sc2c1)C(C)(C)C. The molecule has 1 unspecified atom stereocenters. The molecule has 0 fully saturated rings. The molecule has 0 saturated carbocycles. The molecule has 0 spiro atoms. The van der Waals surface area contributed by atoms with Crippen molar-refractivity contribution >= 4 is 48.8 Å². The summed E-state index contributed by atoms with van der Waals surface area (Å²) in [4.78, 5) is 40.2. The first kappa shape index (κ1) is 44.7. The van der Waals surface area contributed by atoms with Crippen molar-refractivity contribution in [2.45, 2.75) is 99.4 Å². The van der Waals surface area contributed by atoms with Crippen LogP contribution in [-0.4, -0.2) is 36.5 Å². The number of carbonyl (C=O) groups is 1. The maximum Gasteiger partial charge on any atom is 0.310 e. The summed E-state index contributed by atoms with van der Waals surface area (Å²) < 4.78 is 27.5. The van der Waals surface area contributed by atoms with Crippen molar-refractivity contribution in [3.63, 3.8) is 0 Å². The predicted octanol–water partition coefficient (Wildman–Crippen LogP) is 12.6. The molecule has 60 heavy (non-hydrogen) atoms. The Bertz CT molecular complexity index is 2400. The lowest BCUT2D eigenvalue weighted by Gasteiger charge is -2.40. The first-order valence-corrected chi connectivity index (χ1v) is 22.2. The zero-order chi connectivity index (χ0) is 43.5. The summed E-state index contributed by atoms with van der Waals surface area (Å²) in [6, 6.07) is 34.7. The van der Waals surface area contributed by atoms with E-state index >= 15 is 0 Å². The monoisotopic (exact) mass is 846 g/mol. The van der Waals surface area contributed by atoms with E-state index in [0.29, 0.717) is 35.5 Å². The van der Waals surface area contributed by atoms with Gasteiger partial charge in [-0.3, -0.25) is 14.4 Å². The van der Waals surface area contributed by atoms with Gasteiger partial charge in [0.15, 0.2) is 0 Å². The quantitative estimate of drug-likeness (QED) is 0.0951. The molecule has 9 heteroatoms. The van der Waals surface area contributed by atoms with Gasteiger partial charge in [0.2, 0.25) is 9.48 Å². The second-order valence-electron chi connectivity index (χ2n) is 19.2. The summed E-state index contributed by atoms with van der Waals surface area (Å²) in [7, 11) is 0. The van der Waals surface area contributed by atoms with Gasteiger partial charge in [0.05, 0.1) is 11.5 Å². The van der Waals surface area contributed by atoms with Gasteiger partial charge in [-0.1, -0.05) is 125 Å². The minimum atomic E-state index is -0.836. The van der Waals surface area contributed by atoms with Gasteiger partial charge >= 0.3 is 5.97 Å². The minimum absolute atomic E-state index is 0.0190. The number of fused-ring (bicyclic) bond motifs is 2. The first-order chi connectivity index (χ1) is 28.1. The fourth-order valence-electron chi connectivity index (χ4n) is 7.75. The third kappa shape index (κ3) is 11.9. The molecule has 0 aliphatic heterocycles. The van der Waals surface area contributed by atoms with E-state index in [0.717, 1.165) is 31.3 Å². The lowest BCUT2D eigenvalue weighted by molar-refractivity contribution is -0.178. The van der Waals surface area contributed by atoms with Crippen LogP contribution in [0.3, 0.4) is 0 Å². The molecule has 7 nitrogen and oxygen atoms in total. The predicted molar refractivity (Wildman–Crippen MR) is 249 cm³/mol. The Labute approximate surface area is 362 Å². The molecule has 0 N–H and O–H groups in total. The lowest BCUT2D eigenvalue weighted by atomic mass is 9.72. The molecule has 316 valence electrons. The second-order valence-corrected chi connectivity index (χ2v) is 21.2. The van der Waals surface area contributed by atoms with Gasteiger partial charge in [-0.05, 0) is 115 Å². The average Bonchev–Trinajstić information content (AvgIpc) is 3.16. The number of ether oxygens (including phenoxy) is 4. The Kier molecular flexibility index (Phi) is 13.4. The van der Waals surface area contributed by atoms with Gasteiger partial charge in [-0.15, -0.1) is 0 Å². The number of hydrogen-bond donors (Lipinski definition) is 0. The Hall–Kier alpha value is -4.83. The van der Waals surface area contributed by atoms with Gasteiger partial charge < -0.3 is 18.9 Å². The van der Waals surface area contributed by atoms with Gasteiger partial charge in [-0.2, -0.15) is 0 Å². The number of benzene rings is 4. The molecule has 2 aromatic heterocycles. The van der Waals surface area contributed by atoms with Crippen LogP contribution in [0, 0.1) is 16.7 Å². The molecular formula is C51H58O7S2. The highest BCUT2D eigenvalue weighted by Gasteiger charge is 2.40. The van der Waals surface area contributed by atoms with Crippen molar-refractivity contribution in [2.75, 3.05) is 13.2 Å². The third-order valence-electron chi connectivity index (χ3n) is 10.3. The minimum Gasteiger partial charge on any atom is -0.491 e. The van der Waals surface area contributed by atoms with Crippen molar-refractivity contribution in [3.8, 4) is 33.8 Å². The molecule has 0 saturated heterocycles. The van der Waals surface area contributed by atoms with Crippen LogP contribution >= 0.6 is 22.7 Å². The van der Waals surface area contributed by atoms with E-state index in [9.17, 15) is 14.4 Å². The first-order valence-electron chi connectivity index (χ1n) is 20.6. The Morgan fingerprint density at radius 3 is 1.45 bits per heavy atom. The molecule has 1 atom stereocenters. The average molecular weight is 847 g/mol. The lowest BCUT2D eigenvalue weighted by Crippen LogP contribution is -2.45. The number of rotatable bonds is 15. The van der Waals surface area contributed by atoms with E-state index in [-0.39, 0.29) is 45.4 Å². The van der Waals surface area contributed by atoms with Crippen LogP contribution in [-0.2, 0) is 14.3 Å². The molecule has 6 aromatic rings. The van der Waals surface area contributed by atoms with Crippen LogP contribution in [0.2, 0.25) is 0 Å². The third-order valence-corrected chi connectivity index (χ3v) is 12.3. The summed E-state index contributed by atoms with van der Waals surface area (Å²) in [5.74, 6) is 0.725. The zero-order valence-electron chi connectivity index (χ0n) is 36.5. The van der Waals surface area contributed by atoms with Crippen LogP contribution in [0.4, 0.5) is 0 Å². The Morgan fingerprint density at radius 2 is 1.03 bits per heavy atom. The second kappa shape index (κ2) is 18.0. The Morgan fingerprint density at radius 1 is 0.583 bits per heavy atom. The van der Waals surface area contributed by atoms with Gasteiger partial charge in [0.25, 0.3) is 0 Å². The number of esters is 1. The van der Waals surface area contributed by atoms with Gasteiger partial charge in [0, 0.05) is 26.9 Å². The molecular weight excluding hydrogens is 789 g/mol. The van der Waals surface area contributed by atoms with E-state index in [4.69, 9.17) is 18.9 Å².